The van der Waals surface area contributed by atoms with Crippen molar-refractivity contribution in [3.05, 3.63) is 90.0 Å². The van der Waals surface area contributed by atoms with Gasteiger partial charge in [-0.2, -0.15) is 0 Å². The summed E-state index contributed by atoms with van der Waals surface area (Å²) in [5, 5.41) is 1.83. The lowest BCUT2D eigenvalue weighted by molar-refractivity contribution is 0.104. The molecule has 0 spiro atoms. The highest BCUT2D eigenvalue weighted by Crippen LogP contribution is 2.34. The van der Waals surface area contributed by atoms with Gasteiger partial charge in [-0.15, -0.1) is 0 Å². The molecule has 4 aromatic carbocycles. The maximum Gasteiger partial charge on any atom is 0.194 e. The molecule has 5 nitrogen and oxygen atoms in total. The molecule has 4 aromatic rings. The van der Waals surface area contributed by atoms with Crippen LogP contribution in [0.2, 0.25) is 0 Å². The molecule has 0 amide bonds. The molecule has 0 unspecified atom stereocenters. The highest BCUT2D eigenvalue weighted by atomic mass is 16.5. The van der Waals surface area contributed by atoms with Crippen molar-refractivity contribution < 1.29 is 19.0 Å². The number of rotatable bonds is 11. The van der Waals surface area contributed by atoms with E-state index in [1.807, 2.05) is 78.9 Å². The first-order valence-corrected chi connectivity index (χ1v) is 12.3. The van der Waals surface area contributed by atoms with Crippen LogP contribution >= 0.6 is 0 Å². The summed E-state index contributed by atoms with van der Waals surface area (Å²) in [7, 11) is 3.29. The Morgan fingerprint density at radius 2 is 1.39 bits per heavy atom. The molecule has 0 fully saturated rings. The SMILES string of the molecule is CCN(CC)CCOc1ccc(C(=O)c2c(-c3ccc(OC)cc3)ccc3cc(OC)ccc23)cc1. The summed E-state index contributed by atoms with van der Waals surface area (Å²) in [6.07, 6.45) is 0. The van der Waals surface area contributed by atoms with Crippen LogP contribution in [0.5, 0.6) is 17.2 Å². The molecule has 0 aliphatic heterocycles. The second-order valence-corrected chi connectivity index (χ2v) is 8.53. The molecule has 0 aliphatic rings. The summed E-state index contributed by atoms with van der Waals surface area (Å²) in [6, 6.07) is 25.0. The first kappa shape index (κ1) is 25.3. The van der Waals surface area contributed by atoms with Gasteiger partial charge in [-0.3, -0.25) is 4.79 Å². The average molecular weight is 484 g/mol. The molecule has 0 saturated carbocycles. The van der Waals surface area contributed by atoms with E-state index >= 15 is 0 Å². The Kier molecular flexibility index (Phi) is 8.24. The number of methoxy groups -OCH3 is 2. The van der Waals surface area contributed by atoms with Gasteiger partial charge in [-0.05, 0) is 89.6 Å². The molecular formula is C31H33NO4. The number of ketones is 1. The zero-order valence-electron chi connectivity index (χ0n) is 21.4. The quantitative estimate of drug-likeness (QED) is 0.229. The number of carbonyl (C=O) groups excluding carboxylic acids is 1. The van der Waals surface area contributed by atoms with Crippen LogP contribution in [0.15, 0.2) is 78.9 Å². The van der Waals surface area contributed by atoms with E-state index < -0.39 is 0 Å². The van der Waals surface area contributed by atoms with Gasteiger partial charge in [0.2, 0.25) is 0 Å². The smallest absolute Gasteiger partial charge is 0.194 e. The van der Waals surface area contributed by atoms with Crippen molar-refractivity contribution in [2.45, 2.75) is 13.8 Å². The predicted molar refractivity (Wildman–Crippen MR) is 146 cm³/mol. The molecule has 0 atom stereocenters. The molecule has 5 heteroatoms. The fraction of sp³-hybridized carbons (Fsp3) is 0.258. The second-order valence-electron chi connectivity index (χ2n) is 8.53. The third-order valence-corrected chi connectivity index (χ3v) is 6.54. The van der Waals surface area contributed by atoms with Crippen LogP contribution in [0, 0.1) is 0 Å². The lowest BCUT2D eigenvalue weighted by Crippen LogP contribution is -2.27. The number of likely N-dealkylation sites (N-methyl/N-ethyl adjacent to an activating group) is 1. The van der Waals surface area contributed by atoms with Gasteiger partial charge in [0.25, 0.3) is 0 Å². The van der Waals surface area contributed by atoms with E-state index in [1.54, 1.807) is 14.2 Å². The van der Waals surface area contributed by atoms with Crippen LogP contribution in [0.4, 0.5) is 0 Å². The predicted octanol–water partition coefficient (Wildman–Crippen LogP) is 6.48. The first-order valence-electron chi connectivity index (χ1n) is 12.3. The summed E-state index contributed by atoms with van der Waals surface area (Å²) >= 11 is 0. The normalized spacial score (nSPS) is 11.0. The fourth-order valence-corrected chi connectivity index (χ4v) is 4.37. The van der Waals surface area contributed by atoms with Crippen LogP contribution in [0.3, 0.4) is 0 Å². The Morgan fingerprint density at radius 1 is 0.750 bits per heavy atom. The number of carbonyl (C=O) groups is 1. The van der Waals surface area contributed by atoms with Gasteiger partial charge in [0.05, 0.1) is 14.2 Å². The Bertz CT molecular complexity index is 1310. The molecule has 36 heavy (non-hydrogen) atoms. The monoisotopic (exact) mass is 483 g/mol. The number of nitrogens with zero attached hydrogens (tertiary/aromatic N) is 1. The van der Waals surface area contributed by atoms with E-state index in [1.165, 1.54) is 0 Å². The highest BCUT2D eigenvalue weighted by molar-refractivity contribution is 6.20. The summed E-state index contributed by atoms with van der Waals surface area (Å²) in [5.74, 6) is 2.25. The third kappa shape index (κ3) is 5.52. The molecule has 0 heterocycles. The van der Waals surface area contributed by atoms with Crippen molar-refractivity contribution in [3.63, 3.8) is 0 Å². The van der Waals surface area contributed by atoms with Crippen molar-refractivity contribution in [3.8, 4) is 28.4 Å². The third-order valence-electron chi connectivity index (χ3n) is 6.54. The molecule has 186 valence electrons. The number of fused-ring (bicyclic) bond motifs is 1. The molecule has 0 aliphatic carbocycles. The van der Waals surface area contributed by atoms with Crippen LogP contribution in [0.25, 0.3) is 21.9 Å². The van der Waals surface area contributed by atoms with Crippen LogP contribution < -0.4 is 14.2 Å². The Hall–Kier alpha value is -3.83. The van der Waals surface area contributed by atoms with Crippen molar-refractivity contribution in [1.29, 1.82) is 0 Å². The van der Waals surface area contributed by atoms with Crippen molar-refractivity contribution in [1.82, 2.24) is 4.90 Å². The number of hydrogen-bond donors (Lipinski definition) is 0. The number of hydrogen-bond acceptors (Lipinski definition) is 5. The molecule has 0 N–H and O–H groups in total. The van der Waals surface area contributed by atoms with Crippen molar-refractivity contribution in [2.24, 2.45) is 0 Å². The summed E-state index contributed by atoms with van der Waals surface area (Å²) < 4.78 is 16.6. The molecule has 0 radical (unpaired) electrons. The van der Waals surface area contributed by atoms with Crippen LogP contribution in [-0.4, -0.2) is 51.1 Å². The van der Waals surface area contributed by atoms with Gasteiger partial charge in [0.1, 0.15) is 23.9 Å². The minimum atomic E-state index is -0.0359. The van der Waals surface area contributed by atoms with Gasteiger partial charge >= 0.3 is 0 Å². The molecule has 0 saturated heterocycles. The van der Waals surface area contributed by atoms with E-state index in [0.29, 0.717) is 17.7 Å². The molecule has 0 aromatic heterocycles. The fourth-order valence-electron chi connectivity index (χ4n) is 4.37. The van der Waals surface area contributed by atoms with E-state index in [0.717, 1.165) is 58.8 Å². The summed E-state index contributed by atoms with van der Waals surface area (Å²) in [4.78, 5) is 16.2. The van der Waals surface area contributed by atoms with Gasteiger partial charge in [0.15, 0.2) is 5.78 Å². The molecular weight excluding hydrogens is 450 g/mol. The zero-order chi connectivity index (χ0) is 25.5. The first-order chi connectivity index (χ1) is 17.6. The van der Waals surface area contributed by atoms with Crippen LogP contribution in [0.1, 0.15) is 29.8 Å². The lowest BCUT2D eigenvalue weighted by atomic mass is 9.89. The Balaban J connectivity index is 1.68. The number of benzene rings is 4. The summed E-state index contributed by atoms with van der Waals surface area (Å²) in [5.41, 5.74) is 3.10. The maximum absolute atomic E-state index is 13.9. The van der Waals surface area contributed by atoms with Crippen molar-refractivity contribution in [2.75, 3.05) is 40.5 Å². The van der Waals surface area contributed by atoms with Gasteiger partial charge in [0, 0.05) is 17.7 Å². The maximum atomic E-state index is 13.9. The molecule has 0 bridgehead atoms. The minimum Gasteiger partial charge on any atom is -0.497 e. The van der Waals surface area contributed by atoms with Gasteiger partial charge in [-0.1, -0.05) is 38.1 Å². The summed E-state index contributed by atoms with van der Waals surface area (Å²) in [6.45, 7) is 7.78. The largest absolute Gasteiger partial charge is 0.497 e. The van der Waals surface area contributed by atoms with Gasteiger partial charge in [-0.25, -0.2) is 0 Å². The number of ether oxygens (including phenoxy) is 3. The Morgan fingerprint density at radius 3 is 2.03 bits per heavy atom. The van der Waals surface area contributed by atoms with Crippen molar-refractivity contribution >= 4 is 16.6 Å². The van der Waals surface area contributed by atoms with E-state index in [9.17, 15) is 4.79 Å². The van der Waals surface area contributed by atoms with E-state index in [4.69, 9.17) is 14.2 Å². The molecule has 4 rings (SSSR count). The topological polar surface area (TPSA) is 48.0 Å². The highest BCUT2D eigenvalue weighted by Gasteiger charge is 2.19. The van der Waals surface area contributed by atoms with E-state index in [2.05, 4.69) is 18.7 Å². The second kappa shape index (κ2) is 11.7. The standard InChI is InChI=1S/C31H33NO4/c1-5-32(6-2)19-20-36-26-14-9-23(10-15-26)31(33)30-28(22-7-12-25(34-3)13-8-22)17-11-24-21-27(35-4)16-18-29(24)30/h7-18,21H,5-6,19-20H2,1-4H3. The lowest BCUT2D eigenvalue weighted by Gasteiger charge is -2.18. The zero-order valence-corrected chi connectivity index (χ0v) is 21.4. The van der Waals surface area contributed by atoms with Gasteiger partial charge < -0.3 is 19.1 Å². The van der Waals surface area contributed by atoms with Crippen LogP contribution in [-0.2, 0) is 0 Å². The minimum absolute atomic E-state index is 0.0359. The average Bonchev–Trinajstić information content (AvgIpc) is 2.94. The Labute approximate surface area is 213 Å². The van der Waals surface area contributed by atoms with E-state index in [-0.39, 0.29) is 5.78 Å².